The topological polar surface area (TPSA) is 94.4 Å². The van der Waals surface area contributed by atoms with E-state index < -0.39 is 35.6 Å². The number of hydrogen-bond acceptors (Lipinski definition) is 6. The normalized spacial score (nSPS) is 20.4. The molecule has 10 heteroatoms. The van der Waals surface area contributed by atoms with Crippen molar-refractivity contribution in [1.82, 2.24) is 5.01 Å². The number of para-hydroxylation sites is 1. The predicted molar refractivity (Wildman–Crippen MR) is 103 cm³/mol. The van der Waals surface area contributed by atoms with Crippen LogP contribution in [0.2, 0.25) is 5.02 Å². The highest BCUT2D eigenvalue weighted by atomic mass is 35.5. The van der Waals surface area contributed by atoms with Gasteiger partial charge in [0.05, 0.1) is 10.7 Å². The van der Waals surface area contributed by atoms with Crippen molar-refractivity contribution in [3.8, 4) is 0 Å². The van der Waals surface area contributed by atoms with Gasteiger partial charge in [-0.05, 0) is 36.8 Å². The van der Waals surface area contributed by atoms with Gasteiger partial charge in [-0.2, -0.15) is 5.11 Å². The summed E-state index contributed by atoms with van der Waals surface area (Å²) in [7, 11) is 0. The number of fused-ring (bicyclic) bond motifs is 1. The van der Waals surface area contributed by atoms with E-state index in [0.717, 1.165) is 16.5 Å². The second-order valence-electron chi connectivity index (χ2n) is 6.67. The molecule has 3 amide bonds. The molecular formula is C19H15ClFN5O3. The third kappa shape index (κ3) is 3.33. The van der Waals surface area contributed by atoms with E-state index >= 15 is 0 Å². The molecule has 2 aromatic carbocycles. The van der Waals surface area contributed by atoms with E-state index in [1.165, 1.54) is 17.1 Å². The third-order valence-electron chi connectivity index (χ3n) is 4.74. The van der Waals surface area contributed by atoms with E-state index in [1.54, 1.807) is 12.1 Å². The fourth-order valence-corrected chi connectivity index (χ4v) is 3.46. The summed E-state index contributed by atoms with van der Waals surface area (Å²) in [5.74, 6) is -2.27. The number of carbonyl (C=O) groups is 3. The van der Waals surface area contributed by atoms with Gasteiger partial charge in [0.25, 0.3) is 11.8 Å². The van der Waals surface area contributed by atoms with Crippen LogP contribution in [0.25, 0.3) is 0 Å². The van der Waals surface area contributed by atoms with Crippen molar-refractivity contribution >= 4 is 40.7 Å². The first-order valence-electron chi connectivity index (χ1n) is 8.72. The molecular weight excluding hydrogens is 401 g/mol. The van der Waals surface area contributed by atoms with Gasteiger partial charge in [0.1, 0.15) is 12.4 Å². The Labute approximate surface area is 169 Å². The number of hydrogen-bond donors (Lipinski definition) is 1. The van der Waals surface area contributed by atoms with E-state index in [9.17, 15) is 18.8 Å². The Balaban J connectivity index is 1.51. The van der Waals surface area contributed by atoms with Crippen molar-refractivity contribution in [3.05, 3.63) is 58.9 Å². The molecule has 4 rings (SSSR count). The highest BCUT2D eigenvalue weighted by molar-refractivity contribution is 6.32. The molecule has 0 aliphatic carbocycles. The first kappa shape index (κ1) is 19.0. The van der Waals surface area contributed by atoms with E-state index in [-0.39, 0.29) is 17.3 Å². The van der Waals surface area contributed by atoms with Crippen molar-refractivity contribution in [2.75, 3.05) is 16.8 Å². The lowest BCUT2D eigenvalue weighted by Crippen LogP contribution is -2.43. The number of anilines is 2. The highest BCUT2D eigenvalue weighted by Gasteiger charge is 2.55. The van der Waals surface area contributed by atoms with E-state index in [0.29, 0.717) is 5.69 Å². The van der Waals surface area contributed by atoms with Crippen LogP contribution in [0.5, 0.6) is 0 Å². The van der Waals surface area contributed by atoms with Gasteiger partial charge in [0.2, 0.25) is 5.91 Å². The van der Waals surface area contributed by atoms with E-state index in [1.807, 2.05) is 19.1 Å². The molecule has 1 fully saturated rings. The number of carbonyl (C=O) groups excluding carboxylic acids is 3. The molecule has 2 aliphatic heterocycles. The Morgan fingerprint density at radius 3 is 2.69 bits per heavy atom. The summed E-state index contributed by atoms with van der Waals surface area (Å²) in [5, 5.41) is 11.4. The fourth-order valence-electron chi connectivity index (χ4n) is 3.28. The highest BCUT2D eigenvalue weighted by Crippen LogP contribution is 2.33. The standard InChI is InChI=1S/C19H15ClFN5O3/c1-10-4-2-3-5-14(10)22-15(27)9-25-17-16(23-24-25)18(28)26(19(17)29)11-6-7-13(21)12(20)8-11/h2-8,16-17H,9H2,1H3,(H,22,27)/t16-,17+/m0/s1. The van der Waals surface area contributed by atoms with Crippen LogP contribution in [-0.2, 0) is 14.4 Å². The molecule has 0 bridgehead atoms. The number of rotatable bonds is 4. The maximum absolute atomic E-state index is 13.4. The fraction of sp³-hybridized carbons (Fsp3) is 0.211. The second kappa shape index (κ2) is 7.25. The van der Waals surface area contributed by atoms with Gasteiger partial charge < -0.3 is 5.32 Å². The Morgan fingerprint density at radius 2 is 1.97 bits per heavy atom. The first-order chi connectivity index (χ1) is 13.9. The van der Waals surface area contributed by atoms with Crippen LogP contribution in [0.4, 0.5) is 15.8 Å². The maximum Gasteiger partial charge on any atom is 0.263 e. The number of imide groups is 1. The molecule has 0 saturated carbocycles. The zero-order valence-corrected chi connectivity index (χ0v) is 15.9. The summed E-state index contributed by atoms with van der Waals surface area (Å²) in [6, 6.07) is 8.71. The lowest BCUT2D eigenvalue weighted by Gasteiger charge is -2.20. The van der Waals surface area contributed by atoms with Gasteiger partial charge >= 0.3 is 0 Å². The van der Waals surface area contributed by atoms with Gasteiger partial charge in [0.15, 0.2) is 12.1 Å². The van der Waals surface area contributed by atoms with Gasteiger partial charge in [-0.15, -0.1) is 0 Å². The molecule has 2 heterocycles. The average molecular weight is 416 g/mol. The van der Waals surface area contributed by atoms with Crippen LogP contribution >= 0.6 is 11.6 Å². The van der Waals surface area contributed by atoms with Crippen molar-refractivity contribution in [2.24, 2.45) is 10.3 Å². The molecule has 2 aromatic rings. The number of benzene rings is 2. The average Bonchev–Trinajstić information content (AvgIpc) is 3.20. The van der Waals surface area contributed by atoms with Crippen molar-refractivity contribution in [2.45, 2.75) is 19.0 Å². The SMILES string of the molecule is Cc1ccccc1NC(=O)CN1N=N[C@@H]2C(=O)N(c3ccc(F)c(Cl)c3)C(=O)[C@@H]21. The Morgan fingerprint density at radius 1 is 1.21 bits per heavy atom. The molecule has 0 unspecified atom stereocenters. The molecule has 0 aromatic heterocycles. The Kier molecular flexibility index (Phi) is 4.75. The van der Waals surface area contributed by atoms with Crippen LogP contribution in [0, 0.1) is 12.7 Å². The number of nitrogens with zero attached hydrogens (tertiary/aromatic N) is 4. The summed E-state index contributed by atoms with van der Waals surface area (Å²) < 4.78 is 13.4. The quantitative estimate of drug-likeness (QED) is 0.777. The number of halogens is 2. The molecule has 0 spiro atoms. The van der Waals surface area contributed by atoms with Crippen LogP contribution in [0.1, 0.15) is 5.56 Å². The van der Waals surface area contributed by atoms with Crippen LogP contribution in [-0.4, -0.2) is 41.4 Å². The van der Waals surface area contributed by atoms with Crippen LogP contribution in [0.15, 0.2) is 52.8 Å². The number of aryl methyl sites for hydroxylation is 1. The van der Waals surface area contributed by atoms with Crippen LogP contribution in [0.3, 0.4) is 0 Å². The number of nitrogens with one attached hydrogen (secondary N) is 1. The lowest BCUT2D eigenvalue weighted by molar-refractivity contribution is -0.123. The van der Waals surface area contributed by atoms with Gasteiger partial charge in [0, 0.05) is 5.69 Å². The molecule has 0 radical (unpaired) electrons. The molecule has 29 heavy (non-hydrogen) atoms. The molecule has 8 nitrogen and oxygen atoms in total. The van der Waals surface area contributed by atoms with Gasteiger partial charge in [-0.3, -0.25) is 19.4 Å². The summed E-state index contributed by atoms with van der Waals surface area (Å²) in [6.07, 6.45) is 0. The molecule has 2 aliphatic rings. The minimum Gasteiger partial charge on any atom is -0.324 e. The minimum absolute atomic E-state index is 0.139. The predicted octanol–water partition coefficient (Wildman–Crippen LogP) is 2.72. The van der Waals surface area contributed by atoms with Crippen molar-refractivity contribution in [1.29, 1.82) is 0 Å². The summed E-state index contributed by atoms with van der Waals surface area (Å²) in [4.78, 5) is 38.8. The smallest absolute Gasteiger partial charge is 0.263 e. The van der Waals surface area contributed by atoms with E-state index in [2.05, 4.69) is 15.7 Å². The van der Waals surface area contributed by atoms with Crippen molar-refractivity contribution < 1.29 is 18.8 Å². The molecule has 2 atom stereocenters. The zero-order valence-electron chi connectivity index (χ0n) is 15.2. The lowest BCUT2D eigenvalue weighted by atomic mass is 10.1. The Hall–Kier alpha value is -3.33. The Bertz CT molecular complexity index is 1060. The molecule has 148 valence electrons. The zero-order chi connectivity index (χ0) is 20.7. The monoisotopic (exact) mass is 415 g/mol. The van der Waals surface area contributed by atoms with Crippen LogP contribution < -0.4 is 10.2 Å². The third-order valence-corrected chi connectivity index (χ3v) is 5.03. The molecule has 1 saturated heterocycles. The number of amides is 3. The maximum atomic E-state index is 13.4. The van der Waals surface area contributed by atoms with Gasteiger partial charge in [-0.25, -0.2) is 9.29 Å². The van der Waals surface area contributed by atoms with E-state index in [4.69, 9.17) is 11.6 Å². The summed E-state index contributed by atoms with van der Waals surface area (Å²) >= 11 is 5.77. The summed E-state index contributed by atoms with van der Waals surface area (Å²) in [6.45, 7) is 1.60. The second-order valence-corrected chi connectivity index (χ2v) is 7.07. The molecule has 1 N–H and O–H groups in total. The first-order valence-corrected chi connectivity index (χ1v) is 9.10. The van der Waals surface area contributed by atoms with Gasteiger partial charge in [-0.1, -0.05) is 35.0 Å². The summed E-state index contributed by atoms with van der Waals surface area (Å²) in [5.41, 5.74) is 1.66. The largest absolute Gasteiger partial charge is 0.324 e. The minimum atomic E-state index is -1.06. The van der Waals surface area contributed by atoms with Crippen molar-refractivity contribution in [3.63, 3.8) is 0 Å².